The van der Waals surface area contributed by atoms with Crippen molar-refractivity contribution in [2.75, 3.05) is 30.7 Å². The number of ether oxygens (including phenoxy) is 2. The van der Waals surface area contributed by atoms with Crippen molar-refractivity contribution in [3.8, 4) is 11.1 Å². The van der Waals surface area contributed by atoms with Gasteiger partial charge in [-0.15, -0.1) is 0 Å². The fourth-order valence-corrected chi connectivity index (χ4v) is 8.16. The third-order valence-electron chi connectivity index (χ3n) is 11.6. The number of aliphatic hydroxyl groups excluding tert-OH is 1. The molecular formula is C49H55ClN4O6. The predicted octanol–water partition coefficient (Wildman–Crippen LogP) is 8.82. The van der Waals surface area contributed by atoms with Crippen molar-refractivity contribution in [1.29, 1.82) is 0 Å². The molecule has 6 N–H and O–H groups in total. The molecule has 0 aromatic heterocycles. The van der Waals surface area contributed by atoms with Gasteiger partial charge in [0, 0.05) is 56.0 Å². The molecule has 60 heavy (non-hydrogen) atoms. The van der Waals surface area contributed by atoms with Crippen molar-refractivity contribution in [3.63, 3.8) is 0 Å². The van der Waals surface area contributed by atoms with E-state index in [0.717, 1.165) is 58.5 Å². The number of unbranched alkanes of at least 4 members (excludes halogenated alkanes) is 2. The number of amides is 2. The van der Waals surface area contributed by atoms with Gasteiger partial charge in [0.25, 0.3) is 0 Å². The maximum Gasteiger partial charge on any atom is 0.224 e. The quantitative estimate of drug-likeness (QED) is 0.0490. The Labute approximate surface area is 357 Å². The first kappa shape index (κ1) is 43.0. The van der Waals surface area contributed by atoms with Crippen LogP contribution in [0.1, 0.15) is 91.6 Å². The Bertz CT molecular complexity index is 2170. The Hall–Kier alpha value is -5.07. The summed E-state index contributed by atoms with van der Waals surface area (Å²) in [6, 6.07) is 39.0. The van der Waals surface area contributed by atoms with Crippen molar-refractivity contribution in [1.82, 2.24) is 10.2 Å². The van der Waals surface area contributed by atoms with Gasteiger partial charge in [0.2, 0.25) is 11.8 Å². The van der Waals surface area contributed by atoms with Gasteiger partial charge in [-0.25, -0.2) is 0 Å². The smallest absolute Gasteiger partial charge is 0.224 e. The molecule has 10 nitrogen and oxygen atoms in total. The Morgan fingerprint density at radius 2 is 1.47 bits per heavy atom. The lowest BCUT2D eigenvalue weighted by molar-refractivity contribution is -0.253. The predicted molar refractivity (Wildman–Crippen MR) is 236 cm³/mol. The number of halogens is 1. The SMILES string of the molecule is Nc1ccccc1NC(=O)CCCCCC(=O)NCc1cccc(-c2ccc([C@@H]3O[C@H](CN4CCC(O)(c5ccc(Cl)cc5)CC4)C[C@H](c4ccc(CO)cc4)O3)cc2)c1. The number of hydrogen-bond donors (Lipinski definition) is 5. The second kappa shape index (κ2) is 20.5. The molecule has 0 spiro atoms. The molecular weight excluding hydrogens is 776 g/mol. The molecule has 5 aromatic carbocycles. The number of nitrogens with two attached hydrogens (primary N) is 1. The molecule has 5 aromatic rings. The number of benzene rings is 5. The normalized spacial score (nSPS) is 19.1. The van der Waals surface area contributed by atoms with Gasteiger partial charge in [0.05, 0.1) is 35.8 Å². The van der Waals surface area contributed by atoms with Gasteiger partial charge < -0.3 is 41.0 Å². The number of hydrogen-bond acceptors (Lipinski definition) is 8. The Balaban J connectivity index is 0.917. The van der Waals surface area contributed by atoms with E-state index in [0.29, 0.717) is 74.4 Å². The van der Waals surface area contributed by atoms with Crippen LogP contribution in [0.5, 0.6) is 0 Å². The number of likely N-dealkylation sites (tertiary alicyclic amines) is 1. The van der Waals surface area contributed by atoms with Crippen molar-refractivity contribution in [2.45, 2.75) is 88.6 Å². The van der Waals surface area contributed by atoms with Crippen LogP contribution in [-0.4, -0.2) is 52.7 Å². The molecule has 0 aliphatic carbocycles. The van der Waals surface area contributed by atoms with Gasteiger partial charge >= 0.3 is 0 Å². The summed E-state index contributed by atoms with van der Waals surface area (Å²) in [6.07, 6.45) is 4.01. The molecule has 2 amide bonds. The number of piperidine rings is 1. The molecule has 2 aliphatic heterocycles. The van der Waals surface area contributed by atoms with Crippen molar-refractivity contribution >= 4 is 34.8 Å². The zero-order valence-corrected chi connectivity index (χ0v) is 34.7. The zero-order chi connectivity index (χ0) is 41.9. The van der Waals surface area contributed by atoms with Crippen molar-refractivity contribution < 1.29 is 29.3 Å². The average Bonchev–Trinajstić information content (AvgIpc) is 3.27. The molecule has 11 heteroatoms. The molecule has 314 valence electrons. The van der Waals surface area contributed by atoms with E-state index < -0.39 is 11.9 Å². The highest BCUT2D eigenvalue weighted by Crippen LogP contribution is 2.40. The van der Waals surface area contributed by atoms with E-state index in [1.165, 1.54) is 0 Å². The van der Waals surface area contributed by atoms with Gasteiger partial charge in [-0.3, -0.25) is 9.59 Å². The summed E-state index contributed by atoms with van der Waals surface area (Å²) in [7, 11) is 0. The summed E-state index contributed by atoms with van der Waals surface area (Å²) < 4.78 is 13.3. The van der Waals surface area contributed by atoms with Gasteiger partial charge in [0.15, 0.2) is 6.29 Å². The lowest BCUT2D eigenvalue weighted by Crippen LogP contribution is -2.46. The van der Waals surface area contributed by atoms with Crippen LogP contribution in [0, 0.1) is 0 Å². The molecule has 2 heterocycles. The summed E-state index contributed by atoms with van der Waals surface area (Å²) in [5.41, 5.74) is 13.0. The Morgan fingerprint density at radius 1 is 0.767 bits per heavy atom. The minimum Gasteiger partial charge on any atom is -0.397 e. The van der Waals surface area contributed by atoms with Gasteiger partial charge in [-0.2, -0.15) is 0 Å². The highest BCUT2D eigenvalue weighted by atomic mass is 35.5. The Kier molecular flexibility index (Phi) is 14.7. The molecule has 2 saturated heterocycles. The molecule has 0 bridgehead atoms. The zero-order valence-electron chi connectivity index (χ0n) is 33.9. The molecule has 0 radical (unpaired) electrons. The lowest BCUT2D eigenvalue weighted by Gasteiger charge is -2.42. The molecule has 7 rings (SSSR count). The fraction of sp³-hybridized carbons (Fsp3) is 0.347. The molecule has 2 aliphatic rings. The first-order chi connectivity index (χ1) is 29.1. The second-order valence-corrected chi connectivity index (χ2v) is 16.4. The first-order valence-electron chi connectivity index (χ1n) is 21.0. The number of para-hydroxylation sites is 2. The van der Waals surface area contributed by atoms with E-state index >= 15 is 0 Å². The summed E-state index contributed by atoms with van der Waals surface area (Å²) in [5.74, 6) is -0.0955. The van der Waals surface area contributed by atoms with Crippen LogP contribution in [0.4, 0.5) is 11.4 Å². The number of nitrogens with zero attached hydrogens (tertiary/aromatic N) is 1. The largest absolute Gasteiger partial charge is 0.397 e. The number of nitrogens with one attached hydrogen (secondary N) is 2. The highest BCUT2D eigenvalue weighted by Gasteiger charge is 2.37. The maximum atomic E-state index is 12.6. The summed E-state index contributed by atoms with van der Waals surface area (Å²) in [5, 5.41) is 27.6. The number of aliphatic hydroxyl groups is 2. The number of carbonyl (C=O) groups is 2. The third-order valence-corrected chi connectivity index (χ3v) is 11.9. The summed E-state index contributed by atoms with van der Waals surface area (Å²) >= 11 is 6.11. The molecule has 2 fully saturated rings. The van der Waals surface area contributed by atoms with E-state index in [1.807, 2.05) is 72.8 Å². The monoisotopic (exact) mass is 830 g/mol. The van der Waals surface area contributed by atoms with Crippen LogP contribution < -0.4 is 16.4 Å². The van der Waals surface area contributed by atoms with E-state index in [-0.39, 0.29) is 30.6 Å². The minimum absolute atomic E-state index is 0.0144. The summed E-state index contributed by atoms with van der Waals surface area (Å²) in [4.78, 5) is 27.3. The average molecular weight is 831 g/mol. The van der Waals surface area contributed by atoms with Crippen LogP contribution in [-0.2, 0) is 37.8 Å². The molecule has 0 unspecified atom stereocenters. The van der Waals surface area contributed by atoms with Crippen LogP contribution in [0.2, 0.25) is 5.02 Å². The minimum atomic E-state index is -0.880. The first-order valence-corrected chi connectivity index (χ1v) is 21.3. The van der Waals surface area contributed by atoms with E-state index in [1.54, 1.807) is 12.1 Å². The third kappa shape index (κ3) is 11.6. The van der Waals surface area contributed by atoms with Gasteiger partial charge in [-0.1, -0.05) is 109 Å². The number of carbonyl (C=O) groups excluding carboxylic acids is 2. The molecule has 3 atom stereocenters. The summed E-state index contributed by atoms with van der Waals surface area (Å²) in [6.45, 7) is 2.61. The lowest BCUT2D eigenvalue weighted by atomic mass is 9.84. The number of nitrogen functional groups attached to an aromatic ring is 1. The van der Waals surface area contributed by atoms with E-state index in [9.17, 15) is 19.8 Å². The Morgan fingerprint density at radius 3 is 2.18 bits per heavy atom. The number of anilines is 2. The van der Waals surface area contributed by atoms with Crippen LogP contribution in [0.15, 0.2) is 121 Å². The topological polar surface area (TPSA) is 146 Å². The molecule has 0 saturated carbocycles. The second-order valence-electron chi connectivity index (χ2n) is 16.0. The fourth-order valence-electron chi connectivity index (χ4n) is 8.03. The maximum absolute atomic E-state index is 12.6. The van der Waals surface area contributed by atoms with Crippen LogP contribution >= 0.6 is 11.6 Å². The van der Waals surface area contributed by atoms with Crippen molar-refractivity contribution in [3.05, 3.63) is 154 Å². The van der Waals surface area contributed by atoms with E-state index in [4.69, 9.17) is 26.8 Å². The highest BCUT2D eigenvalue weighted by molar-refractivity contribution is 6.30. The van der Waals surface area contributed by atoms with Gasteiger partial charge in [0.1, 0.15) is 0 Å². The van der Waals surface area contributed by atoms with Crippen molar-refractivity contribution in [2.24, 2.45) is 0 Å². The van der Waals surface area contributed by atoms with Gasteiger partial charge in [-0.05, 0) is 89.4 Å². The van der Waals surface area contributed by atoms with Crippen LogP contribution in [0.3, 0.4) is 0 Å². The van der Waals surface area contributed by atoms with Crippen LogP contribution in [0.25, 0.3) is 11.1 Å². The van der Waals surface area contributed by atoms with E-state index in [2.05, 4.69) is 51.9 Å². The standard InChI is InChI=1S/C49H55ClN4O6/c50-41-23-21-40(22-24-41)49(58)25-27-54(28-26-49)32-42-30-45(37-15-13-34(33-55)14-16-37)60-48(59-42)38-19-17-36(18-20-38)39-8-6-7-35(29-39)31-52-46(56)11-2-1-3-12-47(57)53-44-10-5-4-9-43(44)51/h4-10,13-24,29,42,45,48,55,58H,1-3,11-12,25-28,30-33,51H2,(H,52,56)(H,53,57)/t42-,45+,48+/m0/s1. The number of rotatable bonds is 16.